The summed E-state index contributed by atoms with van der Waals surface area (Å²) in [5.41, 5.74) is -2.39. The number of aryl methyl sites for hydroxylation is 1. The number of rotatable bonds is 16. The first kappa shape index (κ1) is 52.5. The van der Waals surface area contributed by atoms with Crippen molar-refractivity contribution in [1.29, 1.82) is 0 Å². The molecule has 8 rings (SSSR count). The number of alkyl halides is 5. The molecule has 0 spiro atoms. The Morgan fingerprint density at radius 1 is 0.959 bits per heavy atom. The van der Waals surface area contributed by atoms with Crippen molar-refractivity contribution in [3.8, 4) is 34.5 Å². The average Bonchev–Trinajstić information content (AvgIpc) is 3.68. The van der Waals surface area contributed by atoms with Crippen molar-refractivity contribution in [1.82, 2.24) is 24.8 Å². The van der Waals surface area contributed by atoms with Crippen molar-refractivity contribution in [2.75, 3.05) is 62.2 Å². The number of pyridine rings is 2. The van der Waals surface area contributed by atoms with Crippen molar-refractivity contribution in [3.63, 3.8) is 0 Å². The highest BCUT2D eigenvalue weighted by atomic mass is 35.5. The Morgan fingerprint density at radius 2 is 1.62 bits per heavy atom. The van der Waals surface area contributed by atoms with Crippen molar-refractivity contribution in [2.45, 2.75) is 90.8 Å². The molecule has 0 radical (unpaired) electrons. The number of methoxy groups -OCH3 is 2. The maximum atomic E-state index is 18.1. The quantitative estimate of drug-likeness (QED) is 0.0922. The van der Waals surface area contributed by atoms with E-state index < -0.39 is 76.1 Å². The minimum absolute atomic E-state index is 0.0226. The molecule has 21 heteroatoms. The molecule has 0 unspecified atom stereocenters. The summed E-state index contributed by atoms with van der Waals surface area (Å²) in [5.74, 6) is -0.0636. The van der Waals surface area contributed by atoms with Crippen molar-refractivity contribution >= 4 is 46.1 Å². The number of likely N-dealkylation sites (tertiary alicyclic amines) is 1. The van der Waals surface area contributed by atoms with Crippen molar-refractivity contribution < 1.29 is 54.8 Å². The summed E-state index contributed by atoms with van der Waals surface area (Å²) in [6.07, 6.45) is -5.82. The van der Waals surface area contributed by atoms with Gasteiger partial charge in [0.15, 0.2) is 11.6 Å². The van der Waals surface area contributed by atoms with E-state index in [0.29, 0.717) is 36.4 Å². The lowest BCUT2D eigenvalue weighted by atomic mass is 9.98. The molecule has 0 aliphatic carbocycles. The number of carbonyl (C=O) groups is 1. The predicted octanol–water partition coefficient (Wildman–Crippen LogP) is 11.8. The fraction of sp³-hybridized carbons (Fsp3) is 0.404. The number of ether oxygens (including phenoxy) is 5. The lowest BCUT2D eigenvalue weighted by molar-refractivity contribution is -0.137. The van der Waals surface area contributed by atoms with Crippen LogP contribution in [-0.4, -0.2) is 96.1 Å². The van der Waals surface area contributed by atoms with E-state index in [2.05, 4.69) is 20.3 Å². The SMILES string of the molecule is COc1ccc(CN(Cc2ccc(OC)cc2)c2cc(C)c(C(F)(F)F)c(-c3c(Cl)c4c5c(nc(OC[C@@H]6CCCN6CC(F)F)nc5c3F)N([C@H](C)c3cccnc3NC(=O)OC(C)(C)C)CCO4)n2)cc1. The molecule has 1 amide bonds. The average molecular weight is 1040 g/mol. The molecule has 2 aliphatic heterocycles. The third kappa shape index (κ3) is 11.9. The van der Waals surface area contributed by atoms with Crippen LogP contribution in [0.3, 0.4) is 0 Å². The molecule has 73 heavy (non-hydrogen) atoms. The van der Waals surface area contributed by atoms with Crippen LogP contribution in [0, 0.1) is 12.7 Å². The highest BCUT2D eigenvalue weighted by Gasteiger charge is 2.41. The summed E-state index contributed by atoms with van der Waals surface area (Å²) in [5, 5.41) is 2.09. The van der Waals surface area contributed by atoms with Crippen LogP contribution < -0.4 is 34.1 Å². The molecule has 3 aromatic carbocycles. The third-order valence-electron chi connectivity index (χ3n) is 12.6. The fourth-order valence-electron chi connectivity index (χ4n) is 9.16. The Balaban J connectivity index is 1.31. The largest absolute Gasteiger partial charge is 0.497 e. The van der Waals surface area contributed by atoms with E-state index >= 15 is 17.6 Å². The number of nitrogens with zero attached hydrogens (tertiary/aromatic N) is 7. The van der Waals surface area contributed by atoms with E-state index in [1.54, 1.807) is 78.8 Å². The van der Waals surface area contributed by atoms with E-state index in [1.807, 2.05) is 24.3 Å². The highest BCUT2D eigenvalue weighted by molar-refractivity contribution is 6.36. The number of aromatic nitrogens is 4. The molecule has 2 aliphatic rings. The van der Waals surface area contributed by atoms with E-state index in [0.717, 1.165) is 11.1 Å². The van der Waals surface area contributed by atoms with Gasteiger partial charge in [-0.05, 0) is 107 Å². The molecule has 1 saturated heterocycles. The van der Waals surface area contributed by atoms with Gasteiger partial charge < -0.3 is 33.5 Å². The van der Waals surface area contributed by atoms with Gasteiger partial charge in [-0.1, -0.05) is 41.9 Å². The zero-order chi connectivity index (χ0) is 52.4. The van der Waals surface area contributed by atoms with E-state index in [4.69, 9.17) is 40.3 Å². The van der Waals surface area contributed by atoms with Crippen LogP contribution in [-0.2, 0) is 24.0 Å². The zero-order valence-corrected chi connectivity index (χ0v) is 42.0. The predicted molar refractivity (Wildman–Crippen MR) is 265 cm³/mol. The van der Waals surface area contributed by atoms with Crippen LogP contribution in [0.5, 0.6) is 23.3 Å². The molecule has 5 heterocycles. The van der Waals surface area contributed by atoms with Crippen LogP contribution in [0.25, 0.3) is 22.2 Å². The summed E-state index contributed by atoms with van der Waals surface area (Å²) in [6.45, 7) is 8.13. The van der Waals surface area contributed by atoms with Crippen LogP contribution in [0.15, 0.2) is 72.9 Å². The number of carbonyl (C=O) groups excluding carboxylic acids is 1. The monoisotopic (exact) mass is 1040 g/mol. The van der Waals surface area contributed by atoms with Gasteiger partial charge in [0.1, 0.15) is 53.3 Å². The maximum Gasteiger partial charge on any atom is 0.418 e. The highest BCUT2D eigenvalue weighted by Crippen LogP contribution is 2.51. The molecule has 388 valence electrons. The normalized spacial score (nSPS) is 15.5. The first-order chi connectivity index (χ1) is 34.7. The van der Waals surface area contributed by atoms with E-state index in [1.165, 1.54) is 33.4 Å². The molecule has 14 nitrogen and oxygen atoms in total. The van der Waals surface area contributed by atoms with Gasteiger partial charge in [0.25, 0.3) is 6.43 Å². The second-order valence-electron chi connectivity index (χ2n) is 18.7. The number of benzene rings is 3. The Morgan fingerprint density at radius 3 is 2.22 bits per heavy atom. The van der Waals surface area contributed by atoms with Crippen molar-refractivity contribution in [3.05, 3.63) is 112 Å². The standard InChI is InChI=1S/C52H55ClF6N8O6/c1-29-24-38(66(25-31-12-16-34(69-6)17-13-31)26-32-14-18-35(70-7)19-15-32)61-44(41(29)52(57,58)59)39-42(53)46-40-45(43(39)56)62-49(72-28-33-10-9-21-65(33)27-37(54)55)64-48(40)67(22-23-71-46)30(2)36-11-8-20-60-47(36)63-50(68)73-51(3,4)5/h8,11-20,24,30,33,37H,9-10,21-23,25-28H2,1-7H3,(H,60,63,68)/t30-,33+/m1/s1. The topological polar surface area (TPSA) is 137 Å². The van der Waals surface area contributed by atoms with E-state index in [-0.39, 0.29) is 73.0 Å². The van der Waals surface area contributed by atoms with Gasteiger partial charge in [-0.25, -0.2) is 27.9 Å². The number of hydrogen-bond donors (Lipinski definition) is 1. The van der Waals surface area contributed by atoms with Crippen LogP contribution >= 0.6 is 11.6 Å². The minimum atomic E-state index is -5.07. The number of hydrogen-bond acceptors (Lipinski definition) is 13. The molecule has 1 N–H and O–H groups in total. The van der Waals surface area contributed by atoms with Crippen LogP contribution in [0.4, 0.5) is 48.6 Å². The lowest BCUT2D eigenvalue weighted by Gasteiger charge is -2.31. The summed E-state index contributed by atoms with van der Waals surface area (Å²) < 4.78 is 121. The zero-order valence-electron chi connectivity index (χ0n) is 41.2. The first-order valence-electron chi connectivity index (χ1n) is 23.5. The smallest absolute Gasteiger partial charge is 0.418 e. The second-order valence-corrected chi connectivity index (χ2v) is 19.1. The molecule has 2 atom stereocenters. The van der Waals surface area contributed by atoms with Crippen LogP contribution in [0.1, 0.15) is 74.4 Å². The van der Waals surface area contributed by atoms with E-state index in [9.17, 15) is 13.6 Å². The molecule has 0 bridgehead atoms. The minimum Gasteiger partial charge on any atom is -0.497 e. The fourth-order valence-corrected chi connectivity index (χ4v) is 9.48. The molecule has 0 saturated carbocycles. The summed E-state index contributed by atoms with van der Waals surface area (Å²) in [7, 11) is 3.07. The molecular formula is C52H55ClF6N8O6. The lowest BCUT2D eigenvalue weighted by Crippen LogP contribution is -2.37. The Hall–Kier alpha value is -6.80. The first-order valence-corrected chi connectivity index (χ1v) is 23.9. The van der Waals surface area contributed by atoms with Gasteiger partial charge in [-0.3, -0.25) is 10.2 Å². The molecule has 1 fully saturated rings. The Kier molecular flexibility index (Phi) is 15.6. The van der Waals surface area contributed by atoms with Gasteiger partial charge in [-0.15, -0.1) is 0 Å². The molecular weight excluding hydrogens is 982 g/mol. The maximum absolute atomic E-state index is 18.1. The summed E-state index contributed by atoms with van der Waals surface area (Å²) in [6, 6.07) is 17.4. The van der Waals surface area contributed by atoms with Gasteiger partial charge in [0.2, 0.25) is 0 Å². The van der Waals surface area contributed by atoms with Gasteiger partial charge in [0, 0.05) is 30.9 Å². The second kappa shape index (κ2) is 21.7. The molecule has 6 aromatic rings. The van der Waals surface area contributed by atoms with Crippen LogP contribution in [0.2, 0.25) is 5.02 Å². The summed E-state index contributed by atoms with van der Waals surface area (Å²) >= 11 is 7.20. The third-order valence-corrected chi connectivity index (χ3v) is 12.9. The van der Waals surface area contributed by atoms with Gasteiger partial charge in [0.05, 0.1) is 60.6 Å². The number of nitrogens with one attached hydrogen (secondary N) is 1. The van der Waals surface area contributed by atoms with Gasteiger partial charge in [-0.2, -0.15) is 23.1 Å². The molecule has 3 aromatic heterocycles. The van der Waals surface area contributed by atoms with Crippen molar-refractivity contribution in [2.24, 2.45) is 0 Å². The summed E-state index contributed by atoms with van der Waals surface area (Å²) in [4.78, 5) is 36.4. The number of anilines is 3. The van der Waals surface area contributed by atoms with Gasteiger partial charge >= 0.3 is 18.3 Å². The Labute approximate surface area is 423 Å². The number of halogens is 7. The Bertz CT molecular complexity index is 2900. The number of amides is 1.